The van der Waals surface area contributed by atoms with Gasteiger partial charge in [-0.3, -0.25) is 9.69 Å². The van der Waals surface area contributed by atoms with E-state index in [-0.39, 0.29) is 9.23 Å². The van der Waals surface area contributed by atoms with E-state index in [2.05, 4.69) is 0 Å². The predicted octanol–water partition coefficient (Wildman–Crippen LogP) is 7.53. The summed E-state index contributed by atoms with van der Waals surface area (Å²) in [5.74, 6) is -0.578. The number of amides is 1. The smallest absolute Gasteiger partial charge is 0.331 e. The number of nitrogens with zero attached hydrogens (tertiary/aromatic N) is 1. The molecule has 1 heterocycles. The third kappa shape index (κ3) is 6.97. The first kappa shape index (κ1) is 28.4. The number of benzene rings is 4. The summed E-state index contributed by atoms with van der Waals surface area (Å²) >= 11 is 12.5. The number of thioether (sulfide) groups is 1. The molecule has 1 fully saturated rings. The number of carbonyl (C=O) groups excluding carboxylic acids is 1. The zero-order chi connectivity index (χ0) is 28.8. The number of ether oxygens (including phenoxy) is 2. The molecule has 41 heavy (non-hydrogen) atoms. The van der Waals surface area contributed by atoms with Gasteiger partial charge in [-0.2, -0.15) is 0 Å². The summed E-state index contributed by atoms with van der Waals surface area (Å²) in [5.41, 5.74) is 3.00. The van der Waals surface area contributed by atoms with Crippen LogP contribution < -0.4 is 9.47 Å². The Bertz CT molecular complexity index is 1590. The molecule has 6 nitrogen and oxygen atoms in total. The molecule has 1 atom stereocenters. The van der Waals surface area contributed by atoms with Crippen molar-refractivity contribution in [3.05, 3.63) is 135 Å². The molecule has 0 aliphatic carbocycles. The molecule has 1 aliphatic rings. The Labute approximate surface area is 252 Å². The van der Waals surface area contributed by atoms with Crippen molar-refractivity contribution in [2.24, 2.45) is 0 Å². The van der Waals surface area contributed by atoms with Crippen LogP contribution in [0.1, 0.15) is 28.3 Å². The molecule has 1 amide bonds. The molecular weight excluding hydrogens is 578 g/mol. The number of hydrogen-bond acceptors (Lipinski definition) is 6. The minimum Gasteiger partial charge on any atom is -0.489 e. The summed E-state index contributed by atoms with van der Waals surface area (Å²) in [6.07, 6.45) is 1.66. The van der Waals surface area contributed by atoms with E-state index in [1.165, 1.54) is 0 Å². The van der Waals surface area contributed by atoms with Crippen LogP contribution in [0.15, 0.2) is 108 Å². The molecule has 1 N–H and O–H groups in total. The quantitative estimate of drug-likeness (QED) is 0.149. The maximum absolute atomic E-state index is 13.6. The van der Waals surface area contributed by atoms with Gasteiger partial charge in [-0.25, -0.2) is 4.79 Å². The maximum atomic E-state index is 13.6. The number of hydrogen-bond donors (Lipinski definition) is 1. The number of rotatable bonds is 10. The van der Waals surface area contributed by atoms with Crippen molar-refractivity contribution in [3.63, 3.8) is 0 Å². The molecule has 0 spiro atoms. The number of carboxylic acid groups (broad SMARTS) is 1. The van der Waals surface area contributed by atoms with Crippen molar-refractivity contribution in [2.45, 2.75) is 19.3 Å². The second-order valence-corrected chi connectivity index (χ2v) is 11.2. The molecule has 9 heteroatoms. The molecule has 5 rings (SSSR count). The lowest BCUT2D eigenvalue weighted by molar-refractivity contribution is -0.145. The summed E-state index contributed by atoms with van der Waals surface area (Å²) in [4.78, 5) is 27.3. The van der Waals surface area contributed by atoms with Gasteiger partial charge >= 0.3 is 5.97 Å². The Morgan fingerprint density at radius 1 is 0.902 bits per heavy atom. The SMILES string of the molecule is O=C(O)C(c1ccc(Cl)cc1)N1C(=O)C(=Cc2cc(OCc3ccccc3)ccc2OCc2ccccc2)SC1=S. The van der Waals surface area contributed by atoms with Crippen LogP contribution in [-0.2, 0) is 22.8 Å². The predicted molar refractivity (Wildman–Crippen MR) is 165 cm³/mol. The lowest BCUT2D eigenvalue weighted by atomic mass is 10.1. The molecule has 1 aliphatic heterocycles. The van der Waals surface area contributed by atoms with Crippen LogP contribution in [-0.4, -0.2) is 26.2 Å². The highest BCUT2D eigenvalue weighted by Crippen LogP contribution is 2.40. The second-order valence-electron chi connectivity index (χ2n) is 9.09. The van der Waals surface area contributed by atoms with Crippen molar-refractivity contribution in [1.82, 2.24) is 4.90 Å². The molecule has 0 bridgehead atoms. The zero-order valence-electron chi connectivity index (χ0n) is 21.6. The van der Waals surface area contributed by atoms with Gasteiger partial charge in [0.25, 0.3) is 5.91 Å². The van der Waals surface area contributed by atoms with Crippen molar-refractivity contribution < 1.29 is 24.2 Å². The minimum atomic E-state index is -1.29. The van der Waals surface area contributed by atoms with E-state index >= 15 is 0 Å². The normalized spacial score (nSPS) is 14.8. The lowest BCUT2D eigenvalue weighted by Gasteiger charge is -2.23. The average Bonchev–Trinajstić information content (AvgIpc) is 3.25. The fourth-order valence-electron chi connectivity index (χ4n) is 4.23. The molecule has 0 aromatic heterocycles. The monoisotopic (exact) mass is 601 g/mol. The van der Waals surface area contributed by atoms with Gasteiger partial charge in [-0.1, -0.05) is 108 Å². The van der Waals surface area contributed by atoms with E-state index in [0.29, 0.717) is 40.9 Å². The van der Waals surface area contributed by atoms with Crippen LogP contribution in [0.25, 0.3) is 6.08 Å². The summed E-state index contributed by atoms with van der Waals surface area (Å²) < 4.78 is 12.3. The van der Waals surface area contributed by atoms with Crippen LogP contribution in [0.3, 0.4) is 0 Å². The van der Waals surface area contributed by atoms with Crippen molar-refractivity contribution in [2.75, 3.05) is 0 Å². The molecular formula is C32H24ClNO5S2. The first-order valence-electron chi connectivity index (χ1n) is 12.6. The van der Waals surface area contributed by atoms with Crippen LogP contribution in [0.4, 0.5) is 0 Å². The van der Waals surface area contributed by atoms with Gasteiger partial charge in [-0.05, 0) is 53.1 Å². The van der Waals surface area contributed by atoms with Gasteiger partial charge in [0.05, 0.1) is 4.91 Å². The maximum Gasteiger partial charge on any atom is 0.331 e. The highest BCUT2D eigenvalue weighted by atomic mass is 35.5. The van der Waals surface area contributed by atoms with Gasteiger partial charge in [-0.15, -0.1) is 0 Å². The summed E-state index contributed by atoms with van der Waals surface area (Å²) in [6.45, 7) is 0.693. The minimum absolute atomic E-state index is 0.145. The van der Waals surface area contributed by atoms with E-state index < -0.39 is 17.9 Å². The Morgan fingerprint density at radius 2 is 1.51 bits per heavy atom. The Balaban J connectivity index is 1.45. The Morgan fingerprint density at radius 3 is 2.12 bits per heavy atom. The molecule has 1 unspecified atom stereocenters. The molecule has 1 saturated heterocycles. The first-order valence-corrected chi connectivity index (χ1v) is 14.2. The van der Waals surface area contributed by atoms with Gasteiger partial charge in [0.1, 0.15) is 29.0 Å². The first-order chi connectivity index (χ1) is 19.9. The molecule has 4 aromatic carbocycles. The number of thiocarbonyl (C=S) groups is 1. The van der Waals surface area contributed by atoms with E-state index in [1.807, 2.05) is 66.7 Å². The van der Waals surface area contributed by atoms with Gasteiger partial charge in [0, 0.05) is 10.6 Å². The van der Waals surface area contributed by atoms with E-state index in [1.54, 1.807) is 42.5 Å². The fraction of sp³-hybridized carbons (Fsp3) is 0.0938. The van der Waals surface area contributed by atoms with Gasteiger partial charge in [0.2, 0.25) is 0 Å². The fourth-order valence-corrected chi connectivity index (χ4v) is 5.66. The van der Waals surface area contributed by atoms with Crippen molar-refractivity contribution in [1.29, 1.82) is 0 Å². The largest absolute Gasteiger partial charge is 0.489 e. The van der Waals surface area contributed by atoms with Crippen LogP contribution >= 0.6 is 35.6 Å². The zero-order valence-corrected chi connectivity index (χ0v) is 24.0. The number of halogens is 1. The molecule has 206 valence electrons. The Kier molecular flexibility index (Phi) is 9.04. The topological polar surface area (TPSA) is 76.1 Å². The third-order valence-electron chi connectivity index (χ3n) is 6.25. The van der Waals surface area contributed by atoms with E-state index in [4.69, 9.17) is 33.3 Å². The molecule has 0 saturated carbocycles. The standard InChI is InChI=1S/C32H24ClNO5S2/c33-25-13-11-23(12-14-25)29(31(36)37)34-30(35)28(41-32(34)40)18-24-17-26(38-19-21-7-3-1-4-8-21)15-16-27(24)39-20-22-9-5-2-6-10-22/h1-18,29H,19-20H2,(H,36,37). The lowest BCUT2D eigenvalue weighted by Crippen LogP contribution is -2.37. The number of carbonyl (C=O) groups is 2. The highest BCUT2D eigenvalue weighted by Gasteiger charge is 2.41. The van der Waals surface area contributed by atoms with Crippen LogP contribution in [0, 0.1) is 0 Å². The molecule has 0 radical (unpaired) electrons. The van der Waals surface area contributed by atoms with Gasteiger partial charge < -0.3 is 14.6 Å². The van der Waals surface area contributed by atoms with Crippen LogP contribution in [0.2, 0.25) is 5.02 Å². The van der Waals surface area contributed by atoms with E-state index in [0.717, 1.165) is 27.8 Å². The second kappa shape index (κ2) is 13.0. The summed E-state index contributed by atoms with van der Waals surface area (Å²) in [6, 6.07) is 29.9. The third-order valence-corrected chi connectivity index (χ3v) is 7.84. The number of aliphatic carboxylic acids is 1. The van der Waals surface area contributed by atoms with E-state index in [9.17, 15) is 14.7 Å². The van der Waals surface area contributed by atoms with Crippen LogP contribution in [0.5, 0.6) is 11.5 Å². The van der Waals surface area contributed by atoms with Crippen molar-refractivity contribution >= 4 is 57.9 Å². The highest BCUT2D eigenvalue weighted by molar-refractivity contribution is 8.26. The van der Waals surface area contributed by atoms with Gasteiger partial charge in [0.15, 0.2) is 6.04 Å². The molecule has 4 aromatic rings. The number of carboxylic acids is 1. The Hall–Kier alpha value is -4.11. The van der Waals surface area contributed by atoms with Crippen molar-refractivity contribution in [3.8, 4) is 11.5 Å². The summed E-state index contributed by atoms with van der Waals surface area (Å²) in [5, 5.41) is 10.5. The summed E-state index contributed by atoms with van der Waals surface area (Å²) in [7, 11) is 0. The average molecular weight is 602 g/mol.